The zero-order chi connectivity index (χ0) is 12.0. The monoisotopic (exact) mass is 280 g/mol. The minimum absolute atomic E-state index is 0.0711. The summed E-state index contributed by atoms with van der Waals surface area (Å²) < 4.78 is 0.901. The van der Waals surface area contributed by atoms with Crippen LogP contribution >= 0.6 is 15.9 Å². The van der Waals surface area contributed by atoms with E-state index < -0.39 is 0 Å². The predicted molar refractivity (Wildman–Crippen MR) is 66.2 cm³/mol. The van der Waals surface area contributed by atoms with Crippen LogP contribution < -0.4 is 0 Å². The molecule has 1 aromatic rings. The van der Waals surface area contributed by atoms with Crippen LogP contribution in [-0.2, 0) is 0 Å². The number of likely N-dealkylation sites (N-methyl/N-ethyl adjacent to an activating group) is 1. The van der Waals surface area contributed by atoms with Gasteiger partial charge in [0.25, 0.3) is 0 Å². The Balaban J connectivity index is 2.56. The fourth-order valence-electron chi connectivity index (χ4n) is 1.32. The summed E-state index contributed by atoms with van der Waals surface area (Å²) in [5.41, 5.74) is 0.693. The van der Waals surface area contributed by atoms with E-state index in [1.807, 2.05) is 24.1 Å². The van der Waals surface area contributed by atoms with Gasteiger partial charge in [-0.2, -0.15) is 5.26 Å². The Kier molecular flexibility index (Phi) is 5.17. The molecule has 0 heterocycles. The number of Topliss-reactive ketones (excluding diaryl/α,β-unsaturated/α-hetero) is 1. The average Bonchev–Trinajstić information content (AvgIpc) is 2.26. The first-order chi connectivity index (χ1) is 7.63. The van der Waals surface area contributed by atoms with Gasteiger partial charge in [-0.3, -0.25) is 9.69 Å². The molecule has 0 fully saturated rings. The maximum atomic E-state index is 11.8. The lowest BCUT2D eigenvalue weighted by Gasteiger charge is -2.13. The molecular formula is C12H13BrN2O. The summed E-state index contributed by atoms with van der Waals surface area (Å²) in [6, 6.07) is 9.39. The fourth-order valence-corrected chi connectivity index (χ4v) is 1.72. The first-order valence-electron chi connectivity index (χ1n) is 4.97. The number of hydrogen-bond acceptors (Lipinski definition) is 3. The molecule has 1 aromatic carbocycles. The lowest BCUT2D eigenvalue weighted by atomic mass is 10.1. The number of carbonyl (C=O) groups is 1. The van der Waals surface area contributed by atoms with Crippen molar-refractivity contribution in [3.63, 3.8) is 0 Å². The van der Waals surface area contributed by atoms with Gasteiger partial charge < -0.3 is 0 Å². The molecule has 0 radical (unpaired) electrons. The standard InChI is InChI=1S/C12H13BrN2O/c1-15(7-3-6-14)9-12(16)10-4-2-5-11(13)8-10/h2,4-5,8H,3,7,9H2,1H3. The maximum Gasteiger partial charge on any atom is 0.176 e. The number of hydrogen-bond donors (Lipinski definition) is 0. The molecule has 4 heteroatoms. The molecule has 16 heavy (non-hydrogen) atoms. The van der Waals surface area contributed by atoms with Crippen LogP contribution in [-0.4, -0.2) is 30.8 Å². The van der Waals surface area contributed by atoms with Crippen LogP contribution in [0.1, 0.15) is 16.8 Å². The van der Waals surface area contributed by atoms with Gasteiger partial charge in [0, 0.05) is 23.0 Å². The number of nitrogens with zero attached hydrogens (tertiary/aromatic N) is 2. The molecule has 0 spiro atoms. The van der Waals surface area contributed by atoms with Crippen LogP contribution in [0.5, 0.6) is 0 Å². The minimum atomic E-state index is 0.0711. The van der Waals surface area contributed by atoms with E-state index in [1.165, 1.54) is 0 Å². The van der Waals surface area contributed by atoms with Crippen molar-refractivity contribution in [3.05, 3.63) is 34.3 Å². The van der Waals surface area contributed by atoms with E-state index in [0.29, 0.717) is 25.1 Å². The SMILES string of the molecule is CN(CCC#N)CC(=O)c1cccc(Br)c1. The number of halogens is 1. The van der Waals surface area contributed by atoms with Gasteiger partial charge in [0.15, 0.2) is 5.78 Å². The van der Waals surface area contributed by atoms with E-state index in [0.717, 1.165) is 4.47 Å². The third-order valence-electron chi connectivity index (χ3n) is 2.17. The van der Waals surface area contributed by atoms with Crippen molar-refractivity contribution < 1.29 is 4.79 Å². The van der Waals surface area contributed by atoms with Crippen LogP contribution in [0.3, 0.4) is 0 Å². The smallest absolute Gasteiger partial charge is 0.176 e. The molecule has 0 unspecified atom stereocenters. The molecule has 0 atom stereocenters. The zero-order valence-electron chi connectivity index (χ0n) is 9.11. The predicted octanol–water partition coefficient (Wildman–Crippen LogP) is 2.48. The third kappa shape index (κ3) is 4.13. The molecular weight excluding hydrogens is 268 g/mol. The first kappa shape index (κ1) is 12.9. The zero-order valence-corrected chi connectivity index (χ0v) is 10.7. The molecule has 0 aliphatic heterocycles. The molecule has 0 N–H and O–H groups in total. The van der Waals surface area contributed by atoms with E-state index >= 15 is 0 Å². The summed E-state index contributed by atoms with van der Waals surface area (Å²) in [5, 5.41) is 8.43. The van der Waals surface area contributed by atoms with E-state index in [9.17, 15) is 4.79 Å². The first-order valence-corrected chi connectivity index (χ1v) is 5.77. The molecule has 0 aliphatic carbocycles. The summed E-state index contributed by atoms with van der Waals surface area (Å²) in [4.78, 5) is 13.7. The summed E-state index contributed by atoms with van der Waals surface area (Å²) in [6.45, 7) is 0.967. The lowest BCUT2D eigenvalue weighted by Crippen LogP contribution is -2.26. The van der Waals surface area contributed by atoms with Gasteiger partial charge in [-0.15, -0.1) is 0 Å². The highest BCUT2D eigenvalue weighted by molar-refractivity contribution is 9.10. The lowest BCUT2D eigenvalue weighted by molar-refractivity contribution is 0.0947. The van der Waals surface area contributed by atoms with E-state index in [-0.39, 0.29) is 5.78 Å². The Hall–Kier alpha value is -1.18. The van der Waals surface area contributed by atoms with Gasteiger partial charge in [-0.25, -0.2) is 0 Å². The molecule has 3 nitrogen and oxygen atoms in total. The number of rotatable bonds is 5. The van der Waals surface area contributed by atoms with Crippen molar-refractivity contribution in [2.45, 2.75) is 6.42 Å². The molecule has 0 saturated heterocycles. The molecule has 0 amide bonds. The molecule has 0 saturated carbocycles. The Morgan fingerprint density at radius 1 is 1.56 bits per heavy atom. The van der Waals surface area contributed by atoms with Crippen molar-refractivity contribution in [1.82, 2.24) is 4.90 Å². The van der Waals surface area contributed by atoms with Crippen molar-refractivity contribution in [1.29, 1.82) is 5.26 Å². The van der Waals surface area contributed by atoms with Gasteiger partial charge in [-0.1, -0.05) is 28.1 Å². The Morgan fingerprint density at radius 3 is 2.94 bits per heavy atom. The van der Waals surface area contributed by atoms with Gasteiger partial charge in [-0.05, 0) is 19.2 Å². The fraction of sp³-hybridized carbons (Fsp3) is 0.333. The molecule has 84 valence electrons. The largest absolute Gasteiger partial charge is 0.298 e. The van der Waals surface area contributed by atoms with E-state index in [1.54, 1.807) is 12.1 Å². The van der Waals surface area contributed by atoms with Crippen LogP contribution in [0.4, 0.5) is 0 Å². The maximum absolute atomic E-state index is 11.8. The highest BCUT2D eigenvalue weighted by Gasteiger charge is 2.09. The van der Waals surface area contributed by atoms with E-state index in [2.05, 4.69) is 22.0 Å². The second-order valence-corrected chi connectivity index (χ2v) is 4.50. The van der Waals surface area contributed by atoms with E-state index in [4.69, 9.17) is 5.26 Å². The normalized spacial score (nSPS) is 10.1. The second-order valence-electron chi connectivity index (χ2n) is 3.58. The molecule has 1 rings (SSSR count). The summed E-state index contributed by atoms with van der Waals surface area (Å²) >= 11 is 3.33. The summed E-state index contributed by atoms with van der Waals surface area (Å²) in [7, 11) is 1.84. The molecule has 0 aromatic heterocycles. The number of benzene rings is 1. The molecule has 0 aliphatic rings. The second kappa shape index (κ2) is 6.41. The number of nitriles is 1. The summed E-state index contributed by atoms with van der Waals surface area (Å²) in [6.07, 6.45) is 0.447. The highest BCUT2D eigenvalue weighted by atomic mass is 79.9. The van der Waals surface area contributed by atoms with Crippen molar-refractivity contribution in [2.24, 2.45) is 0 Å². The average molecular weight is 281 g/mol. The minimum Gasteiger partial charge on any atom is -0.298 e. The van der Waals surface area contributed by atoms with Crippen LogP contribution in [0.15, 0.2) is 28.7 Å². The van der Waals surface area contributed by atoms with Gasteiger partial charge in [0.2, 0.25) is 0 Å². The topological polar surface area (TPSA) is 44.1 Å². The van der Waals surface area contributed by atoms with Gasteiger partial charge in [0.1, 0.15) is 0 Å². The summed E-state index contributed by atoms with van der Waals surface area (Å²) in [5.74, 6) is 0.0711. The van der Waals surface area contributed by atoms with Crippen LogP contribution in [0.2, 0.25) is 0 Å². The Bertz CT molecular complexity index is 412. The Morgan fingerprint density at radius 2 is 2.31 bits per heavy atom. The van der Waals surface area contributed by atoms with Crippen LogP contribution in [0.25, 0.3) is 0 Å². The third-order valence-corrected chi connectivity index (χ3v) is 2.66. The van der Waals surface area contributed by atoms with Crippen molar-refractivity contribution in [2.75, 3.05) is 20.1 Å². The Labute approximate surface area is 104 Å². The van der Waals surface area contributed by atoms with Crippen molar-refractivity contribution in [3.8, 4) is 6.07 Å². The number of ketones is 1. The quantitative estimate of drug-likeness (QED) is 0.779. The van der Waals surface area contributed by atoms with Crippen LogP contribution in [0, 0.1) is 11.3 Å². The highest BCUT2D eigenvalue weighted by Crippen LogP contribution is 2.12. The number of carbonyl (C=O) groups excluding carboxylic acids is 1. The van der Waals surface area contributed by atoms with Gasteiger partial charge in [0.05, 0.1) is 12.6 Å². The van der Waals surface area contributed by atoms with Gasteiger partial charge >= 0.3 is 0 Å². The van der Waals surface area contributed by atoms with Crippen molar-refractivity contribution >= 4 is 21.7 Å². The molecule has 0 bridgehead atoms.